The minimum Gasteiger partial charge on any atom is -0.507 e. The molecule has 7 heteroatoms. The maximum atomic E-state index is 12.7. The van der Waals surface area contributed by atoms with Crippen LogP contribution in [0.4, 0.5) is 0 Å². The molecule has 0 radical (unpaired) electrons. The Morgan fingerprint density at radius 2 is 1.81 bits per heavy atom. The predicted molar refractivity (Wildman–Crippen MR) is 104 cm³/mol. The number of Topliss-reactive ketones (excluding diaryl/α,β-unsaturated/α-hetero) is 1. The third kappa shape index (κ3) is 3.86. The van der Waals surface area contributed by atoms with E-state index in [-0.39, 0.29) is 24.5 Å². The normalized spacial score (nSPS) is 18.9. The summed E-state index contributed by atoms with van der Waals surface area (Å²) in [5, 5.41) is 11.8. The summed E-state index contributed by atoms with van der Waals surface area (Å²) in [7, 11) is 1.51. The van der Waals surface area contributed by atoms with Crippen molar-refractivity contribution in [3.05, 3.63) is 75.3 Å². The van der Waals surface area contributed by atoms with Gasteiger partial charge in [0.15, 0.2) is 0 Å². The number of carbonyl (C=O) groups is 2. The standard InChI is InChI=1S/C20H17Cl2NO4/c1-27-10-9-23-17(13-3-2-4-15(22)11-13)16(19(25)20(23)26)18(24)12-5-7-14(21)8-6-12/h2-8,11,17,24H,9-10H2,1H3/t17-/m1/s1. The third-order valence-electron chi connectivity index (χ3n) is 4.36. The first-order valence-corrected chi connectivity index (χ1v) is 8.98. The van der Waals surface area contributed by atoms with Gasteiger partial charge in [-0.3, -0.25) is 9.59 Å². The summed E-state index contributed by atoms with van der Waals surface area (Å²) in [6, 6.07) is 12.5. The van der Waals surface area contributed by atoms with Gasteiger partial charge in [-0.2, -0.15) is 0 Å². The van der Waals surface area contributed by atoms with E-state index in [9.17, 15) is 14.7 Å². The van der Waals surface area contributed by atoms with Crippen LogP contribution >= 0.6 is 23.2 Å². The highest BCUT2D eigenvalue weighted by molar-refractivity contribution is 6.46. The fourth-order valence-electron chi connectivity index (χ4n) is 3.09. The Hall–Kier alpha value is -2.34. The zero-order valence-electron chi connectivity index (χ0n) is 14.5. The van der Waals surface area contributed by atoms with Crippen LogP contribution in [0.2, 0.25) is 10.0 Å². The third-order valence-corrected chi connectivity index (χ3v) is 4.85. The number of aliphatic hydroxyl groups excluding tert-OH is 1. The number of likely N-dealkylation sites (tertiary alicyclic amines) is 1. The van der Waals surface area contributed by atoms with Crippen LogP contribution in [0.3, 0.4) is 0 Å². The van der Waals surface area contributed by atoms with Crippen molar-refractivity contribution in [3.63, 3.8) is 0 Å². The van der Waals surface area contributed by atoms with Crippen molar-refractivity contribution in [1.82, 2.24) is 4.90 Å². The molecule has 1 aliphatic heterocycles. The number of benzene rings is 2. The van der Waals surface area contributed by atoms with E-state index >= 15 is 0 Å². The van der Waals surface area contributed by atoms with Crippen LogP contribution in [0.5, 0.6) is 0 Å². The molecule has 3 rings (SSSR count). The van der Waals surface area contributed by atoms with Gasteiger partial charge in [0.05, 0.1) is 18.2 Å². The van der Waals surface area contributed by atoms with E-state index in [0.29, 0.717) is 21.2 Å². The molecule has 1 N–H and O–H groups in total. The van der Waals surface area contributed by atoms with E-state index in [1.165, 1.54) is 12.0 Å². The second-order valence-corrected chi connectivity index (χ2v) is 6.92. The summed E-state index contributed by atoms with van der Waals surface area (Å²) in [6.45, 7) is 0.459. The van der Waals surface area contributed by atoms with Gasteiger partial charge in [-0.1, -0.05) is 35.3 Å². The summed E-state index contributed by atoms with van der Waals surface area (Å²) in [5.41, 5.74) is 1.05. The molecule has 0 saturated carbocycles. The van der Waals surface area contributed by atoms with Gasteiger partial charge in [-0.25, -0.2) is 0 Å². The van der Waals surface area contributed by atoms with E-state index < -0.39 is 17.7 Å². The van der Waals surface area contributed by atoms with Gasteiger partial charge in [0, 0.05) is 29.3 Å². The Morgan fingerprint density at radius 1 is 1.11 bits per heavy atom. The van der Waals surface area contributed by atoms with Gasteiger partial charge in [0.25, 0.3) is 11.7 Å². The quantitative estimate of drug-likeness (QED) is 0.462. The number of methoxy groups -OCH3 is 1. The van der Waals surface area contributed by atoms with Crippen LogP contribution < -0.4 is 0 Å². The van der Waals surface area contributed by atoms with Crippen molar-refractivity contribution in [2.45, 2.75) is 6.04 Å². The first kappa shape index (κ1) is 19.4. The van der Waals surface area contributed by atoms with Gasteiger partial charge in [0.2, 0.25) is 0 Å². The van der Waals surface area contributed by atoms with Gasteiger partial charge >= 0.3 is 0 Å². The Labute approximate surface area is 166 Å². The molecule has 1 amide bonds. The minimum absolute atomic E-state index is 0.0145. The van der Waals surface area contributed by atoms with Crippen molar-refractivity contribution >= 4 is 40.7 Å². The van der Waals surface area contributed by atoms with Crippen LogP contribution in [-0.4, -0.2) is 42.0 Å². The maximum Gasteiger partial charge on any atom is 0.295 e. The van der Waals surface area contributed by atoms with E-state index in [4.69, 9.17) is 27.9 Å². The summed E-state index contributed by atoms with van der Waals surface area (Å²) in [6.07, 6.45) is 0. The predicted octanol–water partition coefficient (Wildman–Crippen LogP) is 4.06. The number of hydrogen-bond donors (Lipinski definition) is 1. The van der Waals surface area contributed by atoms with Crippen molar-refractivity contribution in [1.29, 1.82) is 0 Å². The number of aliphatic hydroxyl groups is 1. The van der Waals surface area contributed by atoms with Crippen LogP contribution in [0, 0.1) is 0 Å². The average molecular weight is 406 g/mol. The van der Waals surface area contributed by atoms with Gasteiger partial charge < -0.3 is 14.7 Å². The van der Waals surface area contributed by atoms with Crippen LogP contribution in [0.1, 0.15) is 17.2 Å². The highest BCUT2D eigenvalue weighted by Gasteiger charge is 2.45. The molecule has 1 fully saturated rings. The molecular weight excluding hydrogens is 389 g/mol. The van der Waals surface area contributed by atoms with Gasteiger partial charge in [0.1, 0.15) is 5.76 Å². The number of nitrogens with zero attached hydrogens (tertiary/aromatic N) is 1. The number of rotatable bonds is 5. The van der Waals surface area contributed by atoms with Crippen molar-refractivity contribution in [3.8, 4) is 0 Å². The summed E-state index contributed by atoms with van der Waals surface area (Å²) < 4.78 is 5.06. The Bertz CT molecular complexity index is 908. The molecule has 140 valence electrons. The number of carbonyl (C=O) groups excluding carboxylic acids is 2. The molecule has 0 bridgehead atoms. The van der Waals surface area contributed by atoms with Crippen LogP contribution in [0.25, 0.3) is 5.76 Å². The van der Waals surface area contributed by atoms with E-state index in [2.05, 4.69) is 0 Å². The first-order valence-electron chi connectivity index (χ1n) is 8.22. The number of ketones is 1. The molecule has 1 atom stereocenters. The summed E-state index contributed by atoms with van der Waals surface area (Å²) in [4.78, 5) is 26.7. The summed E-state index contributed by atoms with van der Waals surface area (Å²) in [5.74, 6) is -1.69. The molecule has 5 nitrogen and oxygen atoms in total. The lowest BCUT2D eigenvalue weighted by atomic mass is 9.95. The zero-order chi connectivity index (χ0) is 19.6. The molecule has 0 aromatic heterocycles. The molecule has 1 heterocycles. The van der Waals surface area contributed by atoms with Crippen molar-refractivity contribution < 1.29 is 19.4 Å². The van der Waals surface area contributed by atoms with E-state index in [1.54, 1.807) is 48.5 Å². The number of hydrogen-bond acceptors (Lipinski definition) is 4. The molecule has 2 aromatic carbocycles. The lowest BCUT2D eigenvalue weighted by molar-refractivity contribution is -0.140. The first-order chi connectivity index (χ1) is 12.9. The van der Waals surface area contributed by atoms with E-state index in [0.717, 1.165) is 0 Å². The Kier molecular flexibility index (Phi) is 5.85. The monoisotopic (exact) mass is 405 g/mol. The number of amides is 1. The Morgan fingerprint density at radius 3 is 2.44 bits per heavy atom. The SMILES string of the molecule is COCCN1C(=O)C(=O)C(=C(O)c2ccc(Cl)cc2)[C@H]1c1cccc(Cl)c1. The van der Waals surface area contributed by atoms with Gasteiger partial charge in [-0.05, 0) is 42.0 Å². The number of ether oxygens (including phenoxy) is 1. The average Bonchev–Trinajstić information content (AvgIpc) is 2.91. The number of halogens is 2. The second kappa shape index (κ2) is 8.13. The minimum atomic E-state index is -0.755. The zero-order valence-corrected chi connectivity index (χ0v) is 16.0. The molecular formula is C20H17Cl2NO4. The van der Waals surface area contributed by atoms with Crippen molar-refractivity contribution in [2.24, 2.45) is 0 Å². The van der Waals surface area contributed by atoms with Crippen LogP contribution in [-0.2, 0) is 14.3 Å². The highest BCUT2D eigenvalue weighted by Crippen LogP contribution is 2.39. The lowest BCUT2D eigenvalue weighted by Gasteiger charge is -2.25. The van der Waals surface area contributed by atoms with Gasteiger partial charge in [-0.15, -0.1) is 0 Å². The molecule has 27 heavy (non-hydrogen) atoms. The molecule has 0 unspecified atom stereocenters. The van der Waals surface area contributed by atoms with Crippen molar-refractivity contribution in [2.75, 3.05) is 20.3 Å². The highest BCUT2D eigenvalue weighted by atomic mass is 35.5. The Balaban J connectivity index is 2.16. The molecule has 1 aliphatic rings. The van der Waals surface area contributed by atoms with Crippen LogP contribution in [0.15, 0.2) is 54.1 Å². The maximum absolute atomic E-state index is 12.7. The fourth-order valence-corrected chi connectivity index (χ4v) is 3.41. The fraction of sp³-hybridized carbons (Fsp3) is 0.200. The largest absolute Gasteiger partial charge is 0.507 e. The molecule has 2 aromatic rings. The lowest BCUT2D eigenvalue weighted by Crippen LogP contribution is -2.32. The molecule has 1 saturated heterocycles. The second-order valence-electron chi connectivity index (χ2n) is 6.05. The topological polar surface area (TPSA) is 66.8 Å². The summed E-state index contributed by atoms with van der Waals surface area (Å²) >= 11 is 12.0. The van der Waals surface area contributed by atoms with E-state index in [1.807, 2.05) is 0 Å². The smallest absolute Gasteiger partial charge is 0.295 e. The molecule has 0 aliphatic carbocycles. The molecule has 0 spiro atoms.